The summed E-state index contributed by atoms with van der Waals surface area (Å²) in [5.74, 6) is -0.457. The minimum atomic E-state index is -0.414. The number of rotatable bonds is 11. The Hall–Kier alpha value is -3.36. The van der Waals surface area contributed by atoms with E-state index >= 15 is 0 Å². The Kier molecular flexibility index (Phi) is 12.3. The van der Waals surface area contributed by atoms with E-state index in [-0.39, 0.29) is 28.4 Å². The van der Waals surface area contributed by atoms with Crippen molar-refractivity contribution in [1.29, 1.82) is 0 Å². The molecule has 0 aliphatic rings. The number of thiophene rings is 1. The highest BCUT2D eigenvalue weighted by Crippen LogP contribution is 2.29. The monoisotopic (exact) mass is 540 g/mol. The van der Waals surface area contributed by atoms with E-state index in [2.05, 4.69) is 51.0 Å². The number of phenolic OH excluding ortho intramolecular Hbond substituents is 2. The zero-order chi connectivity index (χ0) is 28.2. The second-order valence-corrected chi connectivity index (χ2v) is 10.4. The van der Waals surface area contributed by atoms with Gasteiger partial charge in [0.15, 0.2) is 5.78 Å². The van der Waals surface area contributed by atoms with Crippen molar-refractivity contribution in [1.82, 2.24) is 9.80 Å². The lowest BCUT2D eigenvalue weighted by atomic mass is 10.0. The number of carbonyl (C=O) groups is 2. The van der Waals surface area contributed by atoms with E-state index in [4.69, 9.17) is 4.74 Å². The van der Waals surface area contributed by atoms with Crippen LogP contribution in [-0.2, 0) is 19.4 Å². The quantitative estimate of drug-likeness (QED) is 0.237. The summed E-state index contributed by atoms with van der Waals surface area (Å²) in [4.78, 5) is 28.4. The number of benzene rings is 2. The van der Waals surface area contributed by atoms with E-state index in [0.29, 0.717) is 6.54 Å². The van der Waals surface area contributed by atoms with E-state index in [1.165, 1.54) is 40.4 Å². The molecule has 0 atom stereocenters. The molecule has 0 radical (unpaired) electrons. The number of phenols is 2. The summed E-state index contributed by atoms with van der Waals surface area (Å²) in [7, 11) is 5.79. The Morgan fingerprint density at radius 3 is 2.18 bits per heavy atom. The smallest absolute Gasteiger partial charge is 0.257 e. The van der Waals surface area contributed by atoms with Crippen LogP contribution in [-0.4, -0.2) is 66.0 Å². The molecule has 7 nitrogen and oxygen atoms in total. The SMILES string of the molecule is CC(=O)c1cc(C(=O)N(C)Cc2cccs2)c(O)cc1O.CCc1ccc(OCCCN(C)C)cc1CC. The summed E-state index contributed by atoms with van der Waals surface area (Å²) in [5.41, 5.74) is 2.86. The Labute approximate surface area is 230 Å². The van der Waals surface area contributed by atoms with Gasteiger partial charge in [-0.05, 0) is 81.1 Å². The van der Waals surface area contributed by atoms with Crippen LogP contribution in [0, 0.1) is 0 Å². The van der Waals surface area contributed by atoms with Crippen LogP contribution in [0.4, 0.5) is 0 Å². The van der Waals surface area contributed by atoms with Gasteiger partial charge in [-0.1, -0.05) is 26.0 Å². The summed E-state index contributed by atoms with van der Waals surface area (Å²) < 4.78 is 5.77. The highest BCUT2D eigenvalue weighted by Gasteiger charge is 2.20. The summed E-state index contributed by atoms with van der Waals surface area (Å²) in [5, 5.41) is 21.4. The number of hydrogen-bond donors (Lipinski definition) is 2. The first-order valence-corrected chi connectivity index (χ1v) is 13.7. The fourth-order valence-corrected chi connectivity index (χ4v) is 4.64. The lowest BCUT2D eigenvalue weighted by Gasteiger charge is -2.17. The first-order chi connectivity index (χ1) is 18.1. The number of hydrogen-bond acceptors (Lipinski definition) is 7. The van der Waals surface area contributed by atoms with Crippen LogP contribution >= 0.6 is 11.3 Å². The van der Waals surface area contributed by atoms with Crippen LogP contribution in [0.15, 0.2) is 47.8 Å². The van der Waals surface area contributed by atoms with Gasteiger partial charge in [0, 0.05) is 24.5 Å². The number of nitrogens with zero attached hydrogens (tertiary/aromatic N) is 2. The van der Waals surface area contributed by atoms with Gasteiger partial charge in [0.1, 0.15) is 17.2 Å². The molecular formula is C30H40N2O5S. The molecular weight excluding hydrogens is 500 g/mol. The number of amides is 1. The number of Topliss-reactive ketones (excluding diaryl/α,β-unsaturated/α-hetero) is 1. The molecule has 0 saturated heterocycles. The molecule has 38 heavy (non-hydrogen) atoms. The van der Waals surface area contributed by atoms with Crippen LogP contribution in [0.3, 0.4) is 0 Å². The Balaban J connectivity index is 0.000000273. The van der Waals surface area contributed by atoms with Crippen molar-refractivity contribution in [3.63, 3.8) is 0 Å². The predicted octanol–water partition coefficient (Wildman–Crippen LogP) is 5.78. The standard InChI is InChI=1S/C15H15NO4S.C15H25NO/c1-9(17)11-6-12(14(19)7-13(11)18)15(20)16(2)8-10-4-3-5-21-10;1-5-13-8-9-15(12-14(13)6-2)17-11-7-10-16(3)4/h3-7,18-19H,8H2,1-2H3;8-9,12H,5-7,10-11H2,1-4H3. The number of ketones is 1. The molecule has 2 N–H and O–H groups in total. The van der Waals surface area contributed by atoms with Gasteiger partial charge in [-0.2, -0.15) is 0 Å². The molecule has 2 aromatic carbocycles. The fourth-order valence-electron chi connectivity index (χ4n) is 3.88. The van der Waals surface area contributed by atoms with Gasteiger partial charge >= 0.3 is 0 Å². The van der Waals surface area contributed by atoms with Gasteiger partial charge in [-0.3, -0.25) is 9.59 Å². The molecule has 1 heterocycles. The van der Waals surface area contributed by atoms with Crippen LogP contribution in [0.2, 0.25) is 0 Å². The summed E-state index contributed by atoms with van der Waals surface area (Å²) in [6.07, 6.45) is 3.26. The van der Waals surface area contributed by atoms with Crippen molar-refractivity contribution in [2.24, 2.45) is 0 Å². The Morgan fingerprint density at radius 2 is 1.61 bits per heavy atom. The van der Waals surface area contributed by atoms with Crippen molar-refractivity contribution in [2.75, 3.05) is 34.3 Å². The first-order valence-electron chi connectivity index (χ1n) is 12.8. The molecule has 0 fully saturated rings. The van der Waals surface area contributed by atoms with Gasteiger partial charge in [-0.25, -0.2) is 0 Å². The molecule has 0 spiro atoms. The van der Waals surface area contributed by atoms with E-state index in [9.17, 15) is 19.8 Å². The molecule has 0 unspecified atom stereocenters. The highest BCUT2D eigenvalue weighted by atomic mass is 32.1. The van der Waals surface area contributed by atoms with Crippen molar-refractivity contribution in [2.45, 2.75) is 46.6 Å². The number of carbonyl (C=O) groups excluding carboxylic acids is 2. The normalized spacial score (nSPS) is 10.6. The van der Waals surface area contributed by atoms with Gasteiger partial charge in [0.2, 0.25) is 0 Å². The Bertz CT molecular complexity index is 1190. The molecule has 0 aliphatic heterocycles. The maximum Gasteiger partial charge on any atom is 0.257 e. The molecule has 0 saturated carbocycles. The van der Waals surface area contributed by atoms with E-state index in [1.54, 1.807) is 7.05 Å². The minimum Gasteiger partial charge on any atom is -0.507 e. The van der Waals surface area contributed by atoms with Gasteiger partial charge < -0.3 is 24.7 Å². The third-order valence-corrected chi connectivity index (χ3v) is 6.86. The average molecular weight is 541 g/mol. The lowest BCUT2D eigenvalue weighted by Crippen LogP contribution is -2.26. The summed E-state index contributed by atoms with van der Waals surface area (Å²) >= 11 is 1.53. The second kappa shape index (κ2) is 15.1. The van der Waals surface area contributed by atoms with Gasteiger partial charge in [0.25, 0.3) is 5.91 Å². The molecule has 3 rings (SSSR count). The maximum atomic E-state index is 12.4. The maximum absolute atomic E-state index is 12.4. The largest absolute Gasteiger partial charge is 0.507 e. The topological polar surface area (TPSA) is 90.3 Å². The number of aryl methyl sites for hydroxylation is 2. The second-order valence-electron chi connectivity index (χ2n) is 9.33. The van der Waals surface area contributed by atoms with Crippen molar-refractivity contribution < 1.29 is 24.5 Å². The first kappa shape index (κ1) is 30.9. The zero-order valence-corrected chi connectivity index (χ0v) is 24.1. The van der Waals surface area contributed by atoms with Gasteiger partial charge in [0.05, 0.1) is 24.3 Å². The fraction of sp³-hybridized carbons (Fsp3) is 0.400. The lowest BCUT2D eigenvalue weighted by molar-refractivity contribution is 0.0783. The average Bonchev–Trinajstić information content (AvgIpc) is 3.39. The molecule has 1 aromatic heterocycles. The summed E-state index contributed by atoms with van der Waals surface area (Å²) in [6.45, 7) is 7.97. The van der Waals surface area contributed by atoms with Crippen LogP contribution in [0.5, 0.6) is 17.2 Å². The predicted molar refractivity (Wildman–Crippen MR) is 154 cm³/mol. The highest BCUT2D eigenvalue weighted by molar-refractivity contribution is 7.09. The molecule has 206 valence electrons. The van der Waals surface area contributed by atoms with E-state index in [1.807, 2.05) is 17.5 Å². The zero-order valence-electron chi connectivity index (χ0n) is 23.3. The number of aromatic hydroxyl groups is 2. The van der Waals surface area contributed by atoms with E-state index in [0.717, 1.165) is 49.1 Å². The molecule has 0 bridgehead atoms. The van der Waals surface area contributed by atoms with Crippen molar-refractivity contribution >= 4 is 23.0 Å². The minimum absolute atomic E-state index is 0.00273. The van der Waals surface area contributed by atoms with E-state index < -0.39 is 5.91 Å². The third kappa shape index (κ3) is 9.19. The number of ether oxygens (including phenoxy) is 1. The Morgan fingerprint density at radius 1 is 0.921 bits per heavy atom. The molecule has 1 amide bonds. The molecule has 0 aliphatic carbocycles. The van der Waals surface area contributed by atoms with Gasteiger partial charge in [-0.15, -0.1) is 11.3 Å². The molecule has 3 aromatic rings. The van der Waals surface area contributed by atoms with Crippen molar-refractivity contribution in [3.05, 3.63) is 75.0 Å². The van der Waals surface area contributed by atoms with Crippen LogP contribution in [0.25, 0.3) is 0 Å². The molecule has 8 heteroatoms. The summed E-state index contributed by atoms with van der Waals surface area (Å²) in [6, 6.07) is 12.5. The van der Waals surface area contributed by atoms with Crippen LogP contribution < -0.4 is 4.74 Å². The third-order valence-electron chi connectivity index (χ3n) is 6.00. The van der Waals surface area contributed by atoms with Crippen LogP contribution in [0.1, 0.15) is 63.9 Å². The van der Waals surface area contributed by atoms with Crippen molar-refractivity contribution in [3.8, 4) is 17.2 Å².